The molecule has 1 aliphatic heterocycles. The fraction of sp³-hybridized carbons (Fsp3) is 0.500. The molecule has 0 saturated carbocycles. The molecule has 1 aliphatic rings. The molecule has 0 radical (unpaired) electrons. The van der Waals surface area contributed by atoms with Crippen molar-refractivity contribution in [1.29, 1.82) is 0 Å². The number of hydrogen-bond acceptors (Lipinski definition) is 5. The number of rotatable bonds is 5. The van der Waals surface area contributed by atoms with E-state index in [4.69, 9.17) is 4.74 Å². The molecule has 1 atom stereocenters. The van der Waals surface area contributed by atoms with Crippen LogP contribution in [-0.4, -0.2) is 67.2 Å². The zero-order valence-corrected chi connectivity index (χ0v) is 15.1. The van der Waals surface area contributed by atoms with Gasteiger partial charge in [0.2, 0.25) is 15.9 Å². The Bertz CT molecular complexity index is 877. The number of nitrogens with zero attached hydrogens (tertiary/aromatic N) is 2. The van der Waals surface area contributed by atoms with Gasteiger partial charge in [0.1, 0.15) is 5.82 Å². The van der Waals surface area contributed by atoms with Crippen LogP contribution in [0, 0.1) is 6.92 Å². The third-order valence-electron chi connectivity index (χ3n) is 4.13. The molecular formula is C16H22N4O4S. The van der Waals surface area contributed by atoms with E-state index in [1.807, 2.05) is 25.1 Å². The van der Waals surface area contributed by atoms with Crippen molar-refractivity contribution in [3.8, 4) is 0 Å². The number of carbonyl (C=O) groups is 1. The quantitative estimate of drug-likeness (QED) is 0.786. The summed E-state index contributed by atoms with van der Waals surface area (Å²) in [6.45, 7) is 3.13. The summed E-state index contributed by atoms with van der Waals surface area (Å²) in [5.41, 5.74) is 2.66. The van der Waals surface area contributed by atoms with E-state index in [1.165, 1.54) is 10.6 Å². The smallest absolute Gasteiger partial charge is 0.224 e. The first-order valence-corrected chi connectivity index (χ1v) is 9.95. The van der Waals surface area contributed by atoms with Gasteiger partial charge >= 0.3 is 0 Å². The number of carbonyl (C=O) groups excluding carboxylic acids is 1. The third-order valence-corrected chi connectivity index (χ3v) is 5.40. The van der Waals surface area contributed by atoms with Crippen LogP contribution in [-0.2, 0) is 26.0 Å². The van der Waals surface area contributed by atoms with Gasteiger partial charge in [-0.3, -0.25) is 4.79 Å². The summed E-state index contributed by atoms with van der Waals surface area (Å²) in [6.07, 6.45) is 1.10. The van der Waals surface area contributed by atoms with Crippen LogP contribution in [0.25, 0.3) is 11.0 Å². The van der Waals surface area contributed by atoms with Gasteiger partial charge in [-0.25, -0.2) is 13.4 Å². The summed E-state index contributed by atoms with van der Waals surface area (Å²) in [7, 11) is -3.23. The van der Waals surface area contributed by atoms with Crippen molar-refractivity contribution in [2.45, 2.75) is 19.4 Å². The molecule has 9 heteroatoms. The van der Waals surface area contributed by atoms with Crippen molar-refractivity contribution in [3.63, 3.8) is 0 Å². The lowest BCUT2D eigenvalue weighted by molar-refractivity contribution is -0.121. The Morgan fingerprint density at radius 2 is 2.28 bits per heavy atom. The van der Waals surface area contributed by atoms with Crippen LogP contribution in [0.5, 0.6) is 0 Å². The Balaban J connectivity index is 1.53. The molecule has 136 valence electrons. The Hall–Kier alpha value is -1.97. The first kappa shape index (κ1) is 17.8. The molecule has 2 N–H and O–H groups in total. The Kier molecular flexibility index (Phi) is 5.07. The van der Waals surface area contributed by atoms with Crippen LogP contribution in [0.1, 0.15) is 11.4 Å². The van der Waals surface area contributed by atoms with Crippen LogP contribution in [0.2, 0.25) is 0 Å². The number of sulfonamides is 1. The number of aromatic nitrogens is 2. The number of aryl methyl sites for hydroxylation is 1. The fourth-order valence-corrected chi connectivity index (χ4v) is 3.73. The summed E-state index contributed by atoms with van der Waals surface area (Å²) < 4.78 is 30.1. The molecule has 1 aromatic heterocycles. The summed E-state index contributed by atoms with van der Waals surface area (Å²) in [6, 6.07) is 5.68. The summed E-state index contributed by atoms with van der Waals surface area (Å²) in [4.78, 5) is 19.6. The number of fused-ring (bicyclic) bond motifs is 1. The lowest BCUT2D eigenvalue weighted by Crippen LogP contribution is -2.49. The minimum atomic E-state index is -3.23. The van der Waals surface area contributed by atoms with Gasteiger partial charge in [-0.2, -0.15) is 4.31 Å². The molecule has 1 aromatic carbocycles. The predicted molar refractivity (Wildman–Crippen MR) is 93.7 cm³/mol. The van der Waals surface area contributed by atoms with Gasteiger partial charge in [0.25, 0.3) is 0 Å². The molecule has 25 heavy (non-hydrogen) atoms. The fourth-order valence-electron chi connectivity index (χ4n) is 2.89. The molecule has 0 aliphatic carbocycles. The van der Waals surface area contributed by atoms with E-state index in [1.54, 1.807) is 0 Å². The molecule has 2 aromatic rings. The summed E-state index contributed by atoms with van der Waals surface area (Å²) in [5.74, 6) is 0.706. The van der Waals surface area contributed by atoms with Crippen molar-refractivity contribution < 1.29 is 17.9 Å². The van der Waals surface area contributed by atoms with E-state index >= 15 is 0 Å². The van der Waals surface area contributed by atoms with Crippen molar-refractivity contribution in [2.75, 3.05) is 32.5 Å². The maximum Gasteiger partial charge on any atom is 0.224 e. The zero-order valence-electron chi connectivity index (χ0n) is 14.3. The Morgan fingerprint density at radius 1 is 1.48 bits per heavy atom. The number of morpholine rings is 1. The highest BCUT2D eigenvalue weighted by molar-refractivity contribution is 7.88. The zero-order chi connectivity index (χ0) is 18.0. The normalized spacial score (nSPS) is 19.2. The Morgan fingerprint density at radius 3 is 3.04 bits per heavy atom. The highest BCUT2D eigenvalue weighted by Crippen LogP contribution is 2.14. The molecule has 3 rings (SSSR count). The van der Waals surface area contributed by atoms with E-state index in [9.17, 15) is 13.2 Å². The molecule has 0 bridgehead atoms. The third kappa shape index (κ3) is 4.56. The van der Waals surface area contributed by atoms with Crippen molar-refractivity contribution in [3.05, 3.63) is 29.6 Å². The van der Waals surface area contributed by atoms with E-state index in [0.29, 0.717) is 13.2 Å². The minimum absolute atomic E-state index is 0.129. The first-order chi connectivity index (χ1) is 11.8. The molecule has 8 nitrogen and oxygen atoms in total. The van der Waals surface area contributed by atoms with Gasteiger partial charge in [-0.05, 0) is 24.6 Å². The Labute approximate surface area is 146 Å². The summed E-state index contributed by atoms with van der Waals surface area (Å²) in [5, 5.41) is 2.81. The van der Waals surface area contributed by atoms with Crippen LogP contribution < -0.4 is 5.32 Å². The lowest BCUT2D eigenvalue weighted by Gasteiger charge is -2.31. The second kappa shape index (κ2) is 7.11. The SMILES string of the molecule is Cc1nc2ccc(CC(=O)NCC3CN(S(C)(=O)=O)CCO3)cc2[nH]1. The van der Waals surface area contributed by atoms with Crippen molar-refractivity contribution in [1.82, 2.24) is 19.6 Å². The van der Waals surface area contributed by atoms with E-state index in [0.717, 1.165) is 22.4 Å². The number of benzene rings is 1. The number of imidazole rings is 1. The number of aromatic amines is 1. The average molecular weight is 366 g/mol. The number of ether oxygens (including phenoxy) is 1. The number of H-pyrrole nitrogens is 1. The highest BCUT2D eigenvalue weighted by atomic mass is 32.2. The van der Waals surface area contributed by atoms with Gasteiger partial charge in [0.15, 0.2) is 0 Å². The lowest BCUT2D eigenvalue weighted by atomic mass is 10.1. The molecule has 1 amide bonds. The topological polar surface area (TPSA) is 104 Å². The van der Waals surface area contributed by atoms with Gasteiger partial charge < -0.3 is 15.0 Å². The molecule has 0 spiro atoms. The number of amides is 1. The summed E-state index contributed by atoms with van der Waals surface area (Å²) >= 11 is 0. The van der Waals surface area contributed by atoms with Gasteiger partial charge in [-0.1, -0.05) is 6.07 Å². The monoisotopic (exact) mass is 366 g/mol. The maximum absolute atomic E-state index is 12.2. The maximum atomic E-state index is 12.2. The highest BCUT2D eigenvalue weighted by Gasteiger charge is 2.26. The van der Waals surface area contributed by atoms with E-state index in [2.05, 4.69) is 15.3 Å². The second-order valence-electron chi connectivity index (χ2n) is 6.27. The average Bonchev–Trinajstić information content (AvgIpc) is 2.92. The van der Waals surface area contributed by atoms with E-state index < -0.39 is 10.0 Å². The largest absolute Gasteiger partial charge is 0.374 e. The molecule has 2 heterocycles. The van der Waals surface area contributed by atoms with Gasteiger partial charge in [0, 0.05) is 19.6 Å². The van der Waals surface area contributed by atoms with Crippen LogP contribution in [0.4, 0.5) is 0 Å². The van der Waals surface area contributed by atoms with Crippen molar-refractivity contribution in [2.24, 2.45) is 0 Å². The number of nitrogens with one attached hydrogen (secondary N) is 2. The van der Waals surface area contributed by atoms with Crippen molar-refractivity contribution >= 4 is 27.0 Å². The standard InChI is InChI=1S/C16H22N4O4S/c1-11-18-14-4-3-12(7-15(14)19-11)8-16(21)17-9-13-10-20(5-6-24-13)25(2,22)23/h3-4,7,13H,5-6,8-10H2,1-2H3,(H,17,21)(H,18,19). The van der Waals surface area contributed by atoms with Crippen LogP contribution in [0.3, 0.4) is 0 Å². The van der Waals surface area contributed by atoms with Crippen LogP contribution in [0.15, 0.2) is 18.2 Å². The predicted octanol–water partition coefficient (Wildman–Crippen LogP) is 0.190. The second-order valence-corrected chi connectivity index (χ2v) is 8.25. The first-order valence-electron chi connectivity index (χ1n) is 8.10. The molecule has 1 unspecified atom stereocenters. The minimum Gasteiger partial charge on any atom is -0.374 e. The van der Waals surface area contributed by atoms with Gasteiger partial charge in [0.05, 0.1) is 36.4 Å². The van der Waals surface area contributed by atoms with Gasteiger partial charge in [-0.15, -0.1) is 0 Å². The molecule has 1 saturated heterocycles. The molecule has 1 fully saturated rings. The molecular weight excluding hydrogens is 344 g/mol. The van der Waals surface area contributed by atoms with Crippen LogP contribution >= 0.6 is 0 Å². The van der Waals surface area contributed by atoms with E-state index in [-0.39, 0.29) is 31.5 Å². The number of hydrogen-bond donors (Lipinski definition) is 2.